The zero-order chi connectivity index (χ0) is 21.4. The molecule has 1 saturated carbocycles. The summed E-state index contributed by atoms with van der Waals surface area (Å²) in [7, 11) is -3.67. The van der Waals surface area contributed by atoms with E-state index in [2.05, 4.69) is 20.3 Å². The molecule has 2 unspecified atom stereocenters. The summed E-state index contributed by atoms with van der Waals surface area (Å²) in [5, 5.41) is 14.6. The second kappa shape index (κ2) is 10.5. The first-order chi connectivity index (χ1) is 14.5. The average Bonchev–Trinajstić information content (AvgIpc) is 2.75. The van der Waals surface area contributed by atoms with Crippen molar-refractivity contribution in [1.82, 2.24) is 15.0 Å². The number of amides is 2. The summed E-state index contributed by atoms with van der Waals surface area (Å²) in [6.45, 7) is 0.401. The van der Waals surface area contributed by atoms with Gasteiger partial charge in [-0.05, 0) is 61.1 Å². The SMILES string of the molecule is O=C(NCc1cccnc1)Nc1ccc(S(=O)(=O)NC2CCCCC2CCO)cc1. The van der Waals surface area contributed by atoms with Gasteiger partial charge in [0.2, 0.25) is 10.0 Å². The van der Waals surface area contributed by atoms with Gasteiger partial charge in [-0.15, -0.1) is 0 Å². The number of aromatic nitrogens is 1. The fraction of sp³-hybridized carbons (Fsp3) is 0.429. The maximum atomic E-state index is 12.8. The summed E-state index contributed by atoms with van der Waals surface area (Å²) in [4.78, 5) is 16.2. The van der Waals surface area contributed by atoms with Crippen LogP contribution < -0.4 is 15.4 Å². The standard InChI is InChI=1S/C21H28N4O4S/c26-13-11-17-5-1-2-6-20(17)25-30(28,29)19-9-7-18(8-10-19)24-21(27)23-15-16-4-3-12-22-14-16/h3-4,7-10,12,14,17,20,25-26H,1-2,5-6,11,13,15H2,(H2,23,24,27). The number of aliphatic hydroxyl groups is 1. The predicted molar refractivity (Wildman–Crippen MR) is 114 cm³/mol. The molecular weight excluding hydrogens is 404 g/mol. The highest BCUT2D eigenvalue weighted by Gasteiger charge is 2.29. The molecule has 1 aromatic heterocycles. The maximum absolute atomic E-state index is 12.8. The number of anilines is 1. The number of benzene rings is 1. The van der Waals surface area contributed by atoms with E-state index in [0.29, 0.717) is 18.7 Å². The third-order valence-electron chi connectivity index (χ3n) is 5.31. The first-order valence-corrected chi connectivity index (χ1v) is 11.6. The van der Waals surface area contributed by atoms with Crippen molar-refractivity contribution in [2.24, 2.45) is 5.92 Å². The number of sulfonamides is 1. The minimum atomic E-state index is -3.67. The Hall–Kier alpha value is -2.49. The van der Waals surface area contributed by atoms with Crippen molar-refractivity contribution in [2.45, 2.75) is 49.6 Å². The topological polar surface area (TPSA) is 120 Å². The lowest BCUT2D eigenvalue weighted by Gasteiger charge is -2.31. The molecular formula is C21H28N4O4S. The molecule has 1 heterocycles. The number of carbonyl (C=O) groups excluding carboxylic acids is 1. The third-order valence-corrected chi connectivity index (χ3v) is 6.82. The molecule has 0 saturated heterocycles. The molecule has 0 aliphatic heterocycles. The molecule has 2 atom stereocenters. The van der Waals surface area contributed by atoms with Crippen LogP contribution in [0.25, 0.3) is 0 Å². The van der Waals surface area contributed by atoms with Crippen molar-refractivity contribution in [3.05, 3.63) is 54.4 Å². The molecule has 1 aliphatic carbocycles. The molecule has 0 radical (unpaired) electrons. The van der Waals surface area contributed by atoms with Crippen molar-refractivity contribution in [1.29, 1.82) is 0 Å². The van der Waals surface area contributed by atoms with Crippen molar-refractivity contribution < 1.29 is 18.3 Å². The summed E-state index contributed by atoms with van der Waals surface area (Å²) in [6.07, 6.45) is 7.67. The van der Waals surface area contributed by atoms with Gasteiger partial charge in [0.1, 0.15) is 0 Å². The van der Waals surface area contributed by atoms with Gasteiger partial charge in [-0.3, -0.25) is 4.98 Å². The van der Waals surface area contributed by atoms with E-state index in [1.54, 1.807) is 30.6 Å². The lowest BCUT2D eigenvalue weighted by molar-refractivity contribution is 0.205. The smallest absolute Gasteiger partial charge is 0.319 e. The minimum absolute atomic E-state index is 0.0616. The van der Waals surface area contributed by atoms with Crippen molar-refractivity contribution >= 4 is 21.7 Å². The van der Waals surface area contributed by atoms with Crippen LogP contribution in [-0.4, -0.2) is 37.2 Å². The number of carbonyl (C=O) groups is 1. The molecule has 162 valence electrons. The summed E-state index contributed by atoms with van der Waals surface area (Å²) in [5.41, 5.74) is 1.37. The van der Waals surface area contributed by atoms with Crippen LogP contribution in [0.15, 0.2) is 53.7 Å². The number of pyridine rings is 1. The van der Waals surface area contributed by atoms with E-state index in [0.717, 1.165) is 31.2 Å². The largest absolute Gasteiger partial charge is 0.396 e. The van der Waals surface area contributed by atoms with Gasteiger partial charge in [0.25, 0.3) is 0 Å². The van der Waals surface area contributed by atoms with E-state index < -0.39 is 10.0 Å². The number of hydrogen-bond acceptors (Lipinski definition) is 5. The lowest BCUT2D eigenvalue weighted by Crippen LogP contribution is -2.42. The highest BCUT2D eigenvalue weighted by molar-refractivity contribution is 7.89. The van der Waals surface area contributed by atoms with Gasteiger partial charge in [0.15, 0.2) is 0 Å². The zero-order valence-electron chi connectivity index (χ0n) is 16.8. The zero-order valence-corrected chi connectivity index (χ0v) is 17.6. The Labute approximate surface area is 177 Å². The van der Waals surface area contributed by atoms with E-state index in [4.69, 9.17) is 0 Å². The van der Waals surface area contributed by atoms with Crippen LogP contribution in [0.1, 0.15) is 37.7 Å². The van der Waals surface area contributed by atoms with E-state index in [-0.39, 0.29) is 29.5 Å². The molecule has 8 nitrogen and oxygen atoms in total. The Kier molecular flexibility index (Phi) is 7.78. The van der Waals surface area contributed by atoms with Gasteiger partial charge in [-0.2, -0.15) is 0 Å². The highest BCUT2D eigenvalue weighted by atomic mass is 32.2. The summed E-state index contributed by atoms with van der Waals surface area (Å²) >= 11 is 0. The van der Waals surface area contributed by atoms with Crippen LogP contribution in [0.5, 0.6) is 0 Å². The molecule has 3 rings (SSSR count). The first-order valence-electron chi connectivity index (χ1n) is 10.1. The Balaban J connectivity index is 1.56. The monoisotopic (exact) mass is 432 g/mol. The summed E-state index contributed by atoms with van der Waals surface area (Å²) < 4.78 is 28.3. The van der Waals surface area contributed by atoms with Gasteiger partial charge in [0.05, 0.1) is 4.90 Å². The molecule has 1 fully saturated rings. The molecule has 30 heavy (non-hydrogen) atoms. The number of urea groups is 1. The van der Waals surface area contributed by atoms with Crippen LogP contribution in [0, 0.1) is 5.92 Å². The van der Waals surface area contributed by atoms with Crippen LogP contribution in [0.3, 0.4) is 0 Å². The van der Waals surface area contributed by atoms with Gasteiger partial charge in [-0.1, -0.05) is 18.9 Å². The molecule has 0 bridgehead atoms. The van der Waals surface area contributed by atoms with Crippen molar-refractivity contribution in [2.75, 3.05) is 11.9 Å². The molecule has 9 heteroatoms. The average molecular weight is 433 g/mol. The molecule has 0 spiro atoms. The number of rotatable bonds is 8. The Bertz CT molecular complexity index is 918. The maximum Gasteiger partial charge on any atom is 0.319 e. The Morgan fingerprint density at radius 2 is 1.90 bits per heavy atom. The normalized spacial score (nSPS) is 19.2. The van der Waals surface area contributed by atoms with Crippen LogP contribution >= 0.6 is 0 Å². The van der Waals surface area contributed by atoms with Gasteiger partial charge < -0.3 is 15.7 Å². The van der Waals surface area contributed by atoms with Gasteiger partial charge in [0, 0.05) is 37.3 Å². The van der Waals surface area contributed by atoms with E-state index in [1.165, 1.54) is 12.1 Å². The summed E-state index contributed by atoms with van der Waals surface area (Å²) in [6, 6.07) is 9.17. The van der Waals surface area contributed by atoms with E-state index >= 15 is 0 Å². The molecule has 1 aliphatic rings. The molecule has 2 amide bonds. The Morgan fingerprint density at radius 3 is 2.60 bits per heavy atom. The fourth-order valence-electron chi connectivity index (χ4n) is 3.72. The van der Waals surface area contributed by atoms with Crippen LogP contribution in [0.4, 0.5) is 10.5 Å². The predicted octanol–water partition coefficient (Wildman–Crippen LogP) is 2.62. The van der Waals surface area contributed by atoms with Gasteiger partial charge in [-0.25, -0.2) is 17.9 Å². The van der Waals surface area contributed by atoms with Crippen LogP contribution in [0.2, 0.25) is 0 Å². The van der Waals surface area contributed by atoms with E-state index in [9.17, 15) is 18.3 Å². The lowest BCUT2D eigenvalue weighted by atomic mass is 9.83. The fourth-order valence-corrected chi connectivity index (χ4v) is 5.06. The third kappa shape index (κ3) is 6.25. The molecule has 2 aromatic rings. The van der Waals surface area contributed by atoms with E-state index in [1.807, 2.05) is 6.07 Å². The second-order valence-electron chi connectivity index (χ2n) is 7.48. The number of aliphatic hydroxyl groups excluding tert-OH is 1. The second-order valence-corrected chi connectivity index (χ2v) is 9.19. The molecule has 4 N–H and O–H groups in total. The first kappa shape index (κ1) is 22.2. The Morgan fingerprint density at radius 1 is 1.13 bits per heavy atom. The quantitative estimate of drug-likeness (QED) is 0.511. The summed E-state index contributed by atoms with van der Waals surface area (Å²) in [5.74, 6) is 0.156. The van der Waals surface area contributed by atoms with Crippen molar-refractivity contribution in [3.63, 3.8) is 0 Å². The number of nitrogens with zero attached hydrogens (tertiary/aromatic N) is 1. The minimum Gasteiger partial charge on any atom is -0.396 e. The van der Waals surface area contributed by atoms with Crippen LogP contribution in [-0.2, 0) is 16.6 Å². The van der Waals surface area contributed by atoms with Gasteiger partial charge >= 0.3 is 6.03 Å². The van der Waals surface area contributed by atoms with Crippen molar-refractivity contribution in [3.8, 4) is 0 Å². The number of hydrogen-bond donors (Lipinski definition) is 4. The number of nitrogens with one attached hydrogen (secondary N) is 3. The highest BCUT2D eigenvalue weighted by Crippen LogP contribution is 2.28. The molecule has 1 aromatic carbocycles.